The molecule has 0 unspecified atom stereocenters. The van der Waals surface area contributed by atoms with Gasteiger partial charge in [-0.3, -0.25) is 0 Å². The van der Waals surface area contributed by atoms with Gasteiger partial charge in [0.25, 0.3) is 0 Å². The SMILES string of the molecule is N#Cc1cnc2cncnn12. The maximum absolute atomic E-state index is 8.55. The number of nitriles is 1. The van der Waals surface area contributed by atoms with E-state index in [0.717, 1.165) is 0 Å². The van der Waals surface area contributed by atoms with Crippen LogP contribution in [0.1, 0.15) is 5.69 Å². The van der Waals surface area contributed by atoms with Crippen molar-refractivity contribution in [1.29, 1.82) is 5.26 Å². The van der Waals surface area contributed by atoms with Gasteiger partial charge in [0.15, 0.2) is 11.3 Å². The summed E-state index contributed by atoms with van der Waals surface area (Å²) in [5.41, 5.74) is 1.01. The molecule has 52 valence electrons. The third-order valence-corrected chi connectivity index (χ3v) is 1.30. The van der Waals surface area contributed by atoms with Crippen LogP contribution >= 0.6 is 0 Å². The predicted octanol–water partition coefficient (Wildman–Crippen LogP) is -0.00402. The molecule has 0 aliphatic carbocycles. The molecule has 0 amide bonds. The fraction of sp³-hybridized carbons (Fsp3) is 0. The van der Waals surface area contributed by atoms with Crippen LogP contribution in [0.4, 0.5) is 0 Å². The molecule has 0 saturated heterocycles. The van der Waals surface area contributed by atoms with Crippen LogP contribution in [-0.4, -0.2) is 19.6 Å². The fourth-order valence-electron chi connectivity index (χ4n) is 0.827. The van der Waals surface area contributed by atoms with Crippen molar-refractivity contribution in [2.45, 2.75) is 0 Å². The third-order valence-electron chi connectivity index (χ3n) is 1.30. The zero-order valence-corrected chi connectivity index (χ0v) is 5.47. The molecule has 0 radical (unpaired) electrons. The van der Waals surface area contributed by atoms with E-state index in [1.54, 1.807) is 6.20 Å². The lowest BCUT2D eigenvalue weighted by Gasteiger charge is -1.87. The monoisotopic (exact) mass is 145 g/mol. The summed E-state index contributed by atoms with van der Waals surface area (Å²) in [4.78, 5) is 7.66. The lowest BCUT2D eigenvalue weighted by atomic mass is 10.5. The first-order valence-electron chi connectivity index (χ1n) is 2.95. The van der Waals surface area contributed by atoms with Crippen LogP contribution in [0.2, 0.25) is 0 Å². The molecule has 0 spiro atoms. The van der Waals surface area contributed by atoms with Gasteiger partial charge < -0.3 is 0 Å². The normalized spacial score (nSPS) is 9.73. The van der Waals surface area contributed by atoms with Crippen molar-refractivity contribution in [2.75, 3.05) is 0 Å². The van der Waals surface area contributed by atoms with Crippen molar-refractivity contribution in [3.05, 3.63) is 24.4 Å². The second-order valence-electron chi connectivity index (χ2n) is 1.93. The van der Waals surface area contributed by atoms with Crippen molar-refractivity contribution in [3.63, 3.8) is 0 Å². The lowest BCUT2D eigenvalue weighted by molar-refractivity contribution is 0.885. The quantitative estimate of drug-likeness (QED) is 0.523. The molecule has 5 nitrogen and oxygen atoms in total. The molecule has 2 rings (SSSR count). The Bertz CT molecular complexity index is 424. The summed E-state index contributed by atoms with van der Waals surface area (Å²) in [6.07, 6.45) is 4.38. The van der Waals surface area contributed by atoms with Crippen molar-refractivity contribution in [2.24, 2.45) is 0 Å². The summed E-state index contributed by atoms with van der Waals surface area (Å²) in [5, 5.41) is 12.4. The molecule has 2 heterocycles. The van der Waals surface area contributed by atoms with Crippen LogP contribution in [0.5, 0.6) is 0 Å². The number of rotatable bonds is 0. The summed E-state index contributed by atoms with van der Waals surface area (Å²) in [7, 11) is 0. The number of imidazole rings is 1. The van der Waals surface area contributed by atoms with Gasteiger partial charge in [-0.2, -0.15) is 10.4 Å². The van der Waals surface area contributed by atoms with E-state index in [4.69, 9.17) is 5.26 Å². The van der Waals surface area contributed by atoms with Crippen LogP contribution in [0.3, 0.4) is 0 Å². The summed E-state index contributed by atoms with van der Waals surface area (Å²) in [6, 6.07) is 1.96. The maximum atomic E-state index is 8.55. The van der Waals surface area contributed by atoms with Crippen molar-refractivity contribution in [1.82, 2.24) is 19.6 Å². The Labute approximate surface area is 61.9 Å². The standard InChI is InChI=1S/C6H3N5/c7-1-5-2-9-6-3-8-4-10-11(5)6/h2-4H. The highest BCUT2D eigenvalue weighted by atomic mass is 15.3. The second kappa shape index (κ2) is 2.02. The van der Waals surface area contributed by atoms with Crippen LogP contribution in [0, 0.1) is 11.3 Å². The molecule has 0 bridgehead atoms. The first-order chi connectivity index (χ1) is 5.42. The van der Waals surface area contributed by atoms with Crippen LogP contribution in [0.25, 0.3) is 5.65 Å². The van der Waals surface area contributed by atoms with Crippen molar-refractivity contribution >= 4 is 5.65 Å². The predicted molar refractivity (Wildman–Crippen MR) is 35.5 cm³/mol. The van der Waals surface area contributed by atoms with Gasteiger partial charge in [-0.1, -0.05) is 0 Å². The molecule has 2 aromatic heterocycles. The summed E-state index contributed by atoms with van der Waals surface area (Å²) in [6.45, 7) is 0. The Morgan fingerprint density at radius 3 is 3.18 bits per heavy atom. The lowest BCUT2D eigenvalue weighted by Crippen LogP contribution is -1.93. The second-order valence-corrected chi connectivity index (χ2v) is 1.93. The van der Waals surface area contributed by atoms with E-state index in [2.05, 4.69) is 15.1 Å². The average molecular weight is 145 g/mol. The summed E-state index contributed by atoms with van der Waals surface area (Å²) < 4.78 is 1.44. The molecule has 0 aliphatic rings. The van der Waals surface area contributed by atoms with Gasteiger partial charge in [-0.05, 0) is 0 Å². The molecule has 2 aromatic rings. The first kappa shape index (κ1) is 5.80. The van der Waals surface area contributed by atoms with E-state index in [-0.39, 0.29) is 0 Å². The Balaban J connectivity index is 2.89. The van der Waals surface area contributed by atoms with Gasteiger partial charge in [0.05, 0.1) is 12.4 Å². The van der Waals surface area contributed by atoms with E-state index in [1.165, 1.54) is 17.0 Å². The van der Waals surface area contributed by atoms with Gasteiger partial charge in [0.2, 0.25) is 0 Å². The molecule has 0 aromatic carbocycles. The van der Waals surface area contributed by atoms with Gasteiger partial charge in [0.1, 0.15) is 12.4 Å². The van der Waals surface area contributed by atoms with Crippen LogP contribution in [0.15, 0.2) is 18.7 Å². The highest BCUT2D eigenvalue weighted by molar-refractivity contribution is 5.38. The van der Waals surface area contributed by atoms with E-state index in [1.807, 2.05) is 6.07 Å². The summed E-state index contributed by atoms with van der Waals surface area (Å²) in [5.74, 6) is 0. The zero-order valence-electron chi connectivity index (χ0n) is 5.47. The Kier molecular flexibility index (Phi) is 1.07. The fourth-order valence-corrected chi connectivity index (χ4v) is 0.827. The number of hydrogen-bond donors (Lipinski definition) is 0. The molecule has 0 N–H and O–H groups in total. The topological polar surface area (TPSA) is 66.9 Å². The molecule has 5 heteroatoms. The van der Waals surface area contributed by atoms with Gasteiger partial charge in [0, 0.05) is 0 Å². The number of aromatic nitrogens is 4. The maximum Gasteiger partial charge on any atom is 0.173 e. The Morgan fingerprint density at radius 2 is 2.36 bits per heavy atom. The van der Waals surface area contributed by atoms with Crippen LogP contribution < -0.4 is 0 Å². The molecule has 0 saturated carbocycles. The Hall–Kier alpha value is -1.96. The number of fused-ring (bicyclic) bond motifs is 1. The first-order valence-corrected chi connectivity index (χ1v) is 2.95. The van der Waals surface area contributed by atoms with E-state index < -0.39 is 0 Å². The van der Waals surface area contributed by atoms with E-state index in [0.29, 0.717) is 11.3 Å². The minimum absolute atomic E-state index is 0.419. The minimum atomic E-state index is 0.419. The number of nitrogens with zero attached hydrogens (tertiary/aromatic N) is 5. The van der Waals surface area contributed by atoms with Crippen molar-refractivity contribution < 1.29 is 0 Å². The average Bonchev–Trinajstić information content (AvgIpc) is 2.47. The largest absolute Gasteiger partial charge is 0.239 e. The molecule has 0 fully saturated rings. The van der Waals surface area contributed by atoms with E-state index >= 15 is 0 Å². The molecular formula is C6H3N5. The molecule has 0 aliphatic heterocycles. The molecular weight excluding hydrogens is 142 g/mol. The van der Waals surface area contributed by atoms with Gasteiger partial charge in [-0.25, -0.2) is 14.5 Å². The minimum Gasteiger partial charge on any atom is -0.239 e. The van der Waals surface area contributed by atoms with Gasteiger partial charge in [-0.15, -0.1) is 0 Å². The van der Waals surface area contributed by atoms with Crippen LogP contribution in [-0.2, 0) is 0 Å². The highest BCUT2D eigenvalue weighted by Crippen LogP contribution is 1.99. The third kappa shape index (κ3) is 0.730. The van der Waals surface area contributed by atoms with E-state index in [9.17, 15) is 0 Å². The number of hydrogen-bond acceptors (Lipinski definition) is 4. The highest BCUT2D eigenvalue weighted by Gasteiger charge is 2.00. The van der Waals surface area contributed by atoms with Crippen molar-refractivity contribution in [3.8, 4) is 6.07 Å². The van der Waals surface area contributed by atoms with Gasteiger partial charge >= 0.3 is 0 Å². The Morgan fingerprint density at radius 1 is 1.45 bits per heavy atom. The summed E-state index contributed by atoms with van der Waals surface area (Å²) >= 11 is 0. The molecule has 0 atom stereocenters. The molecule has 11 heavy (non-hydrogen) atoms. The zero-order chi connectivity index (χ0) is 7.68. The smallest absolute Gasteiger partial charge is 0.173 e.